The summed E-state index contributed by atoms with van der Waals surface area (Å²) in [6, 6.07) is 9.50. The second kappa shape index (κ2) is 4.05. The summed E-state index contributed by atoms with van der Waals surface area (Å²) in [5.74, 6) is 0.850. The van der Waals surface area contributed by atoms with Gasteiger partial charge in [0.15, 0.2) is 0 Å². The van der Waals surface area contributed by atoms with Crippen LogP contribution >= 0.6 is 0 Å². The van der Waals surface area contributed by atoms with E-state index in [2.05, 4.69) is 9.97 Å². The first kappa shape index (κ1) is 10.1. The first-order valence-electron chi connectivity index (χ1n) is 5.64. The van der Waals surface area contributed by atoms with Crippen LogP contribution < -0.4 is 10.4 Å². The van der Waals surface area contributed by atoms with Gasteiger partial charge < -0.3 is 9.72 Å². The summed E-state index contributed by atoms with van der Waals surface area (Å²) in [6.45, 7) is 0. The molecule has 0 radical (unpaired) electrons. The van der Waals surface area contributed by atoms with Gasteiger partial charge in [-0.15, -0.1) is 0 Å². The normalized spacial score (nSPS) is 14.6. The molecule has 3 rings (SSSR count). The lowest BCUT2D eigenvalue weighted by molar-refractivity contribution is 0.303. The largest absolute Gasteiger partial charge is 0.490 e. The Kier molecular flexibility index (Phi) is 2.40. The van der Waals surface area contributed by atoms with E-state index >= 15 is 0 Å². The quantitative estimate of drug-likeness (QED) is 0.873. The molecule has 0 aliphatic heterocycles. The minimum Gasteiger partial charge on any atom is -0.490 e. The predicted octanol–water partition coefficient (Wildman–Crippen LogP) is 1.98. The highest BCUT2D eigenvalue weighted by Gasteiger charge is 2.23. The fraction of sp³-hybridized carbons (Fsp3) is 0.231. The molecule has 0 spiro atoms. The number of H-pyrrole nitrogens is 1. The van der Waals surface area contributed by atoms with Crippen LogP contribution in [0.3, 0.4) is 0 Å². The lowest BCUT2D eigenvalue weighted by Gasteiger charge is -2.06. The lowest BCUT2D eigenvalue weighted by atomic mass is 10.1. The van der Waals surface area contributed by atoms with Gasteiger partial charge in [-0.3, -0.25) is 0 Å². The Morgan fingerprint density at radius 1 is 1.29 bits per heavy atom. The van der Waals surface area contributed by atoms with E-state index in [1.807, 2.05) is 24.3 Å². The van der Waals surface area contributed by atoms with Crippen molar-refractivity contribution in [3.05, 3.63) is 47.0 Å². The monoisotopic (exact) mass is 228 g/mol. The Balaban J connectivity index is 1.93. The van der Waals surface area contributed by atoms with Gasteiger partial charge in [-0.1, -0.05) is 12.1 Å². The summed E-state index contributed by atoms with van der Waals surface area (Å²) in [7, 11) is 0. The Bertz CT molecular complexity index is 588. The number of hydrogen-bond donors (Lipinski definition) is 1. The molecule has 17 heavy (non-hydrogen) atoms. The summed E-state index contributed by atoms with van der Waals surface area (Å²) in [5, 5.41) is 0. The number of aromatic amines is 1. The Labute approximate surface area is 98.3 Å². The molecule has 86 valence electrons. The van der Waals surface area contributed by atoms with E-state index in [1.165, 1.54) is 6.20 Å². The zero-order chi connectivity index (χ0) is 11.7. The summed E-state index contributed by atoms with van der Waals surface area (Å²) in [6.07, 6.45) is 4.15. The molecule has 1 fully saturated rings. The van der Waals surface area contributed by atoms with Crippen LogP contribution in [-0.4, -0.2) is 16.1 Å². The standard InChI is InChI=1S/C13H12N2O2/c16-13-14-7-6-12(15-13)9-2-1-3-11(8-9)17-10-4-5-10/h1-3,6-8,10H,4-5H2,(H,14,15,16). The zero-order valence-corrected chi connectivity index (χ0v) is 9.22. The molecule has 1 N–H and O–H groups in total. The van der Waals surface area contributed by atoms with Crippen LogP contribution in [-0.2, 0) is 0 Å². The molecule has 4 heteroatoms. The van der Waals surface area contributed by atoms with Gasteiger partial charge in [0.05, 0.1) is 11.8 Å². The summed E-state index contributed by atoms with van der Waals surface area (Å²) in [4.78, 5) is 17.4. The maximum atomic E-state index is 11.1. The molecule has 1 heterocycles. The maximum absolute atomic E-state index is 11.1. The van der Waals surface area contributed by atoms with Crippen molar-refractivity contribution in [2.75, 3.05) is 0 Å². The van der Waals surface area contributed by atoms with Gasteiger partial charge in [-0.25, -0.2) is 9.78 Å². The van der Waals surface area contributed by atoms with Crippen molar-refractivity contribution in [3.8, 4) is 17.0 Å². The van der Waals surface area contributed by atoms with Crippen LogP contribution in [0.5, 0.6) is 5.75 Å². The minimum atomic E-state index is -0.337. The highest BCUT2D eigenvalue weighted by molar-refractivity contribution is 5.60. The van der Waals surface area contributed by atoms with E-state index in [4.69, 9.17) is 4.74 Å². The fourth-order valence-corrected chi connectivity index (χ4v) is 1.65. The lowest BCUT2D eigenvalue weighted by Crippen LogP contribution is -2.09. The molecule has 0 amide bonds. The molecule has 0 saturated heterocycles. The van der Waals surface area contributed by atoms with E-state index in [9.17, 15) is 4.79 Å². The van der Waals surface area contributed by atoms with Gasteiger partial charge in [0, 0.05) is 11.8 Å². The van der Waals surface area contributed by atoms with Crippen LogP contribution in [0.15, 0.2) is 41.3 Å². The van der Waals surface area contributed by atoms with Crippen LogP contribution in [0.2, 0.25) is 0 Å². The molecular weight excluding hydrogens is 216 g/mol. The number of benzene rings is 1. The first-order valence-corrected chi connectivity index (χ1v) is 5.64. The molecule has 4 nitrogen and oxygen atoms in total. The molecule has 0 unspecified atom stereocenters. The van der Waals surface area contributed by atoms with Crippen molar-refractivity contribution in [2.24, 2.45) is 0 Å². The highest BCUT2D eigenvalue weighted by Crippen LogP contribution is 2.28. The summed E-state index contributed by atoms with van der Waals surface area (Å²) in [5.41, 5.74) is 1.35. The topological polar surface area (TPSA) is 55.0 Å². The third kappa shape index (κ3) is 2.36. The Morgan fingerprint density at radius 3 is 2.94 bits per heavy atom. The molecule has 1 aromatic carbocycles. The second-order valence-electron chi connectivity index (χ2n) is 4.13. The molecule has 1 aliphatic carbocycles. The third-order valence-electron chi connectivity index (χ3n) is 2.65. The van der Waals surface area contributed by atoms with Crippen LogP contribution in [0.1, 0.15) is 12.8 Å². The molecule has 1 aliphatic rings. The average molecular weight is 228 g/mol. The van der Waals surface area contributed by atoms with Crippen molar-refractivity contribution < 1.29 is 4.74 Å². The van der Waals surface area contributed by atoms with Gasteiger partial charge in [0.2, 0.25) is 0 Å². The third-order valence-corrected chi connectivity index (χ3v) is 2.65. The van der Waals surface area contributed by atoms with Crippen LogP contribution in [0, 0.1) is 0 Å². The molecule has 0 bridgehead atoms. The molecule has 1 aromatic heterocycles. The number of aromatic nitrogens is 2. The van der Waals surface area contributed by atoms with Crippen LogP contribution in [0.4, 0.5) is 0 Å². The van der Waals surface area contributed by atoms with E-state index in [0.29, 0.717) is 6.10 Å². The van der Waals surface area contributed by atoms with Crippen molar-refractivity contribution in [1.82, 2.24) is 9.97 Å². The average Bonchev–Trinajstić information content (AvgIpc) is 3.13. The SMILES string of the molecule is O=c1nccc(-c2cccc(OC3CC3)c2)[nH]1. The van der Waals surface area contributed by atoms with E-state index in [1.54, 1.807) is 6.07 Å². The van der Waals surface area contributed by atoms with Crippen molar-refractivity contribution in [3.63, 3.8) is 0 Å². The van der Waals surface area contributed by atoms with Gasteiger partial charge in [-0.2, -0.15) is 0 Å². The van der Waals surface area contributed by atoms with Crippen LogP contribution in [0.25, 0.3) is 11.3 Å². The Morgan fingerprint density at radius 2 is 2.18 bits per heavy atom. The van der Waals surface area contributed by atoms with Crippen molar-refractivity contribution in [1.29, 1.82) is 0 Å². The molecule has 0 atom stereocenters. The number of hydrogen-bond acceptors (Lipinski definition) is 3. The molecule has 1 saturated carbocycles. The van der Waals surface area contributed by atoms with Crippen molar-refractivity contribution in [2.45, 2.75) is 18.9 Å². The van der Waals surface area contributed by atoms with E-state index in [0.717, 1.165) is 29.8 Å². The zero-order valence-electron chi connectivity index (χ0n) is 9.22. The number of ether oxygens (including phenoxy) is 1. The van der Waals surface area contributed by atoms with Crippen molar-refractivity contribution >= 4 is 0 Å². The summed E-state index contributed by atoms with van der Waals surface area (Å²) >= 11 is 0. The van der Waals surface area contributed by atoms with Gasteiger partial charge in [-0.05, 0) is 31.0 Å². The second-order valence-corrected chi connectivity index (χ2v) is 4.13. The fourth-order valence-electron chi connectivity index (χ4n) is 1.65. The first-order chi connectivity index (χ1) is 8.31. The molecular formula is C13H12N2O2. The smallest absolute Gasteiger partial charge is 0.345 e. The van der Waals surface area contributed by atoms with E-state index < -0.39 is 0 Å². The van der Waals surface area contributed by atoms with E-state index in [-0.39, 0.29) is 5.69 Å². The van der Waals surface area contributed by atoms with Gasteiger partial charge in [0.1, 0.15) is 5.75 Å². The highest BCUT2D eigenvalue weighted by atomic mass is 16.5. The predicted molar refractivity (Wildman–Crippen MR) is 63.9 cm³/mol. The Hall–Kier alpha value is -2.10. The van der Waals surface area contributed by atoms with Gasteiger partial charge >= 0.3 is 5.69 Å². The summed E-state index contributed by atoms with van der Waals surface area (Å²) < 4.78 is 5.71. The minimum absolute atomic E-state index is 0.337. The number of rotatable bonds is 3. The van der Waals surface area contributed by atoms with Gasteiger partial charge in [0.25, 0.3) is 0 Å². The number of nitrogens with zero attached hydrogens (tertiary/aromatic N) is 1. The molecule has 2 aromatic rings. The number of nitrogens with one attached hydrogen (secondary N) is 1. The maximum Gasteiger partial charge on any atom is 0.345 e.